The number of hydrogen-bond acceptors (Lipinski definition) is 5. The van der Waals surface area contributed by atoms with E-state index >= 15 is 0 Å². The first-order valence-electron chi connectivity index (χ1n) is 7.95. The van der Waals surface area contributed by atoms with Crippen LogP contribution >= 0.6 is 11.3 Å². The Morgan fingerprint density at radius 3 is 2.46 bits per heavy atom. The standard InChI is InChI=1S/C17H14F3N5O2S/c1-10(26)21-12-4-2-11(3-5-12)13-9-28-16(22-13)23-15(27)8-25-7-6-14(24-25)17(18,19)20/h2-7,9H,8H2,1H3,(H,21,26)(H,22,23,27). The molecule has 2 aromatic heterocycles. The molecule has 2 N–H and O–H groups in total. The molecule has 0 saturated heterocycles. The predicted molar refractivity (Wildman–Crippen MR) is 97.7 cm³/mol. The smallest absolute Gasteiger partial charge is 0.326 e. The first-order chi connectivity index (χ1) is 13.2. The van der Waals surface area contributed by atoms with Crippen LogP contribution in [0.25, 0.3) is 11.3 Å². The Bertz CT molecular complexity index is 995. The molecule has 146 valence electrons. The molecule has 0 aliphatic carbocycles. The Morgan fingerprint density at radius 1 is 1.14 bits per heavy atom. The Hall–Kier alpha value is -3.21. The number of benzene rings is 1. The van der Waals surface area contributed by atoms with Gasteiger partial charge in [-0.2, -0.15) is 18.3 Å². The molecule has 28 heavy (non-hydrogen) atoms. The number of halogens is 3. The van der Waals surface area contributed by atoms with E-state index in [4.69, 9.17) is 0 Å². The summed E-state index contributed by atoms with van der Waals surface area (Å²) in [6.45, 7) is 1.05. The van der Waals surface area contributed by atoms with Gasteiger partial charge >= 0.3 is 6.18 Å². The number of nitrogens with one attached hydrogen (secondary N) is 2. The number of alkyl halides is 3. The molecule has 0 radical (unpaired) electrons. The number of rotatable bonds is 5. The van der Waals surface area contributed by atoms with Crippen molar-refractivity contribution in [1.29, 1.82) is 0 Å². The summed E-state index contributed by atoms with van der Waals surface area (Å²) < 4.78 is 38.5. The minimum Gasteiger partial charge on any atom is -0.326 e. The Kier molecular flexibility index (Phi) is 5.45. The van der Waals surface area contributed by atoms with Crippen LogP contribution in [0, 0.1) is 0 Å². The summed E-state index contributed by atoms with van der Waals surface area (Å²) in [5, 5.41) is 10.6. The number of thiazole rings is 1. The molecular weight excluding hydrogens is 395 g/mol. The van der Waals surface area contributed by atoms with E-state index in [9.17, 15) is 22.8 Å². The number of aromatic nitrogens is 3. The summed E-state index contributed by atoms with van der Waals surface area (Å²) in [6, 6.07) is 7.80. The average Bonchev–Trinajstić information content (AvgIpc) is 3.24. The molecular formula is C17H14F3N5O2S. The molecule has 7 nitrogen and oxygen atoms in total. The van der Waals surface area contributed by atoms with Crippen LogP contribution in [0.1, 0.15) is 12.6 Å². The minimum absolute atomic E-state index is 0.175. The van der Waals surface area contributed by atoms with Gasteiger partial charge in [0.2, 0.25) is 11.8 Å². The van der Waals surface area contributed by atoms with Crippen molar-refractivity contribution in [3.63, 3.8) is 0 Å². The van der Waals surface area contributed by atoms with Gasteiger partial charge in [-0.3, -0.25) is 14.3 Å². The van der Waals surface area contributed by atoms with Gasteiger partial charge in [-0.05, 0) is 18.2 Å². The maximum absolute atomic E-state index is 12.5. The summed E-state index contributed by atoms with van der Waals surface area (Å²) in [7, 11) is 0. The lowest BCUT2D eigenvalue weighted by molar-refractivity contribution is -0.141. The van der Waals surface area contributed by atoms with Gasteiger partial charge in [-0.15, -0.1) is 11.3 Å². The normalized spacial score (nSPS) is 11.3. The summed E-state index contributed by atoms with van der Waals surface area (Å²) in [5.74, 6) is -0.718. The molecule has 3 aromatic rings. The predicted octanol–water partition coefficient (Wildman–Crippen LogP) is 3.62. The molecule has 0 fully saturated rings. The topological polar surface area (TPSA) is 88.9 Å². The van der Waals surface area contributed by atoms with Gasteiger partial charge in [0.05, 0.1) is 5.69 Å². The molecule has 0 aliphatic heterocycles. The number of anilines is 2. The zero-order valence-corrected chi connectivity index (χ0v) is 15.3. The highest BCUT2D eigenvalue weighted by Gasteiger charge is 2.33. The minimum atomic E-state index is -4.55. The molecule has 0 aliphatic rings. The van der Waals surface area contributed by atoms with Gasteiger partial charge in [0, 0.05) is 29.8 Å². The third-order valence-corrected chi connectivity index (χ3v) is 4.25. The second-order valence-electron chi connectivity index (χ2n) is 5.74. The van der Waals surface area contributed by atoms with Gasteiger partial charge in [-0.1, -0.05) is 12.1 Å². The molecule has 0 atom stereocenters. The highest BCUT2D eigenvalue weighted by atomic mass is 32.1. The molecule has 0 unspecified atom stereocenters. The first kappa shape index (κ1) is 19.5. The van der Waals surface area contributed by atoms with Gasteiger partial charge < -0.3 is 10.6 Å². The SMILES string of the molecule is CC(=O)Nc1ccc(-c2csc(NC(=O)Cn3ccc(C(F)(F)F)n3)n2)cc1. The lowest BCUT2D eigenvalue weighted by atomic mass is 10.1. The molecule has 0 saturated carbocycles. The summed E-state index contributed by atoms with van der Waals surface area (Å²) in [5.41, 5.74) is 0.998. The van der Waals surface area contributed by atoms with E-state index in [2.05, 4.69) is 20.7 Å². The third-order valence-electron chi connectivity index (χ3n) is 3.49. The highest BCUT2D eigenvalue weighted by molar-refractivity contribution is 7.14. The Morgan fingerprint density at radius 2 is 1.86 bits per heavy atom. The summed E-state index contributed by atoms with van der Waals surface area (Å²) in [6.07, 6.45) is -3.46. The quantitative estimate of drug-likeness (QED) is 0.674. The molecule has 3 rings (SSSR count). The van der Waals surface area contributed by atoms with Crippen LogP contribution in [0.15, 0.2) is 41.9 Å². The van der Waals surface area contributed by atoms with Gasteiger partial charge in [0.15, 0.2) is 10.8 Å². The fourth-order valence-electron chi connectivity index (χ4n) is 2.30. The summed E-state index contributed by atoms with van der Waals surface area (Å²) in [4.78, 5) is 27.3. The average molecular weight is 409 g/mol. The van der Waals surface area contributed by atoms with E-state index in [0.29, 0.717) is 16.5 Å². The van der Waals surface area contributed by atoms with Crippen molar-refractivity contribution in [2.45, 2.75) is 19.6 Å². The van der Waals surface area contributed by atoms with Crippen molar-refractivity contribution >= 4 is 34.0 Å². The fourth-order valence-corrected chi connectivity index (χ4v) is 3.03. The van der Waals surface area contributed by atoms with E-state index in [1.54, 1.807) is 29.6 Å². The molecule has 0 bridgehead atoms. The van der Waals surface area contributed by atoms with Crippen molar-refractivity contribution in [3.8, 4) is 11.3 Å². The van der Waals surface area contributed by atoms with Crippen molar-refractivity contribution < 1.29 is 22.8 Å². The fraction of sp³-hybridized carbons (Fsp3) is 0.176. The van der Waals surface area contributed by atoms with Crippen LogP contribution in [0.3, 0.4) is 0 Å². The maximum Gasteiger partial charge on any atom is 0.435 e. The lowest BCUT2D eigenvalue weighted by Gasteiger charge is -2.04. The van der Waals surface area contributed by atoms with E-state index in [-0.39, 0.29) is 12.5 Å². The highest BCUT2D eigenvalue weighted by Crippen LogP contribution is 2.28. The molecule has 0 spiro atoms. The van der Waals surface area contributed by atoms with Crippen LogP contribution in [0.5, 0.6) is 0 Å². The lowest BCUT2D eigenvalue weighted by Crippen LogP contribution is -2.19. The van der Waals surface area contributed by atoms with Crippen molar-refractivity contribution in [2.75, 3.05) is 10.6 Å². The largest absolute Gasteiger partial charge is 0.435 e. The Labute approximate surface area is 161 Å². The molecule has 11 heteroatoms. The van der Waals surface area contributed by atoms with E-state index in [1.165, 1.54) is 18.3 Å². The Balaban J connectivity index is 1.61. The van der Waals surface area contributed by atoms with Gasteiger partial charge in [-0.25, -0.2) is 4.98 Å². The summed E-state index contributed by atoms with van der Waals surface area (Å²) >= 11 is 1.19. The first-order valence-corrected chi connectivity index (χ1v) is 8.83. The van der Waals surface area contributed by atoms with Crippen molar-refractivity contribution in [2.24, 2.45) is 0 Å². The van der Waals surface area contributed by atoms with Crippen LogP contribution in [-0.2, 0) is 22.3 Å². The molecule has 2 amide bonds. The second-order valence-corrected chi connectivity index (χ2v) is 6.60. The van der Waals surface area contributed by atoms with E-state index < -0.39 is 17.8 Å². The maximum atomic E-state index is 12.5. The second kappa shape index (κ2) is 7.80. The number of carbonyl (C=O) groups is 2. The molecule has 1 aromatic carbocycles. The van der Waals surface area contributed by atoms with Crippen molar-refractivity contribution in [1.82, 2.24) is 14.8 Å². The number of nitrogens with zero attached hydrogens (tertiary/aromatic N) is 3. The van der Waals surface area contributed by atoms with Crippen LogP contribution in [0.4, 0.5) is 24.0 Å². The number of hydrogen-bond donors (Lipinski definition) is 2. The van der Waals surface area contributed by atoms with Gasteiger partial charge in [0.25, 0.3) is 0 Å². The van der Waals surface area contributed by atoms with Crippen LogP contribution < -0.4 is 10.6 Å². The van der Waals surface area contributed by atoms with E-state index in [1.807, 2.05) is 0 Å². The monoisotopic (exact) mass is 409 g/mol. The van der Waals surface area contributed by atoms with Crippen LogP contribution in [-0.4, -0.2) is 26.6 Å². The van der Waals surface area contributed by atoms with Crippen molar-refractivity contribution in [3.05, 3.63) is 47.6 Å². The van der Waals surface area contributed by atoms with Crippen LogP contribution in [0.2, 0.25) is 0 Å². The number of amides is 2. The third kappa shape index (κ3) is 4.94. The molecule has 2 heterocycles. The number of carbonyl (C=O) groups excluding carboxylic acids is 2. The zero-order valence-electron chi connectivity index (χ0n) is 14.4. The van der Waals surface area contributed by atoms with E-state index in [0.717, 1.165) is 22.5 Å². The zero-order chi connectivity index (χ0) is 20.3. The van der Waals surface area contributed by atoms with Gasteiger partial charge in [0.1, 0.15) is 6.54 Å².